The van der Waals surface area contributed by atoms with Gasteiger partial charge >= 0.3 is 0 Å². The van der Waals surface area contributed by atoms with Gasteiger partial charge in [0.2, 0.25) is 15.9 Å². The van der Waals surface area contributed by atoms with Gasteiger partial charge in [0.1, 0.15) is 0 Å². The molecule has 0 spiro atoms. The van der Waals surface area contributed by atoms with Crippen molar-refractivity contribution in [1.82, 2.24) is 24.1 Å². The molecular formula is C16H22N6O3S. The van der Waals surface area contributed by atoms with Gasteiger partial charge in [-0.05, 0) is 32.8 Å². The van der Waals surface area contributed by atoms with Gasteiger partial charge in [-0.15, -0.1) is 0 Å². The lowest BCUT2D eigenvalue weighted by Crippen LogP contribution is -2.40. The van der Waals surface area contributed by atoms with Crippen LogP contribution in [0.2, 0.25) is 0 Å². The summed E-state index contributed by atoms with van der Waals surface area (Å²) in [5.74, 6) is 0.0827. The Bertz CT molecular complexity index is 899. The van der Waals surface area contributed by atoms with Crippen molar-refractivity contribution in [2.24, 2.45) is 5.92 Å². The van der Waals surface area contributed by atoms with Crippen LogP contribution in [0.15, 0.2) is 18.5 Å². The predicted molar refractivity (Wildman–Crippen MR) is 96.4 cm³/mol. The van der Waals surface area contributed by atoms with Gasteiger partial charge in [-0.2, -0.15) is 5.10 Å². The van der Waals surface area contributed by atoms with Gasteiger partial charge in [0, 0.05) is 24.7 Å². The molecule has 0 aromatic carbocycles. The summed E-state index contributed by atoms with van der Waals surface area (Å²) >= 11 is 0. The van der Waals surface area contributed by atoms with Crippen LogP contribution in [0.3, 0.4) is 0 Å². The third-order valence-corrected chi connectivity index (χ3v) is 5.70. The van der Waals surface area contributed by atoms with E-state index in [9.17, 15) is 13.2 Å². The molecule has 9 nitrogen and oxygen atoms in total. The summed E-state index contributed by atoms with van der Waals surface area (Å²) in [5, 5.41) is 7.12. The molecule has 0 atom stereocenters. The van der Waals surface area contributed by atoms with Gasteiger partial charge in [0.25, 0.3) is 5.95 Å². The van der Waals surface area contributed by atoms with Crippen LogP contribution < -0.4 is 5.32 Å². The molecule has 1 aliphatic rings. The zero-order valence-electron chi connectivity index (χ0n) is 15.0. The number of sulfonamides is 1. The third kappa shape index (κ3) is 4.07. The Kier molecular flexibility index (Phi) is 5.05. The maximum absolute atomic E-state index is 12.4. The Balaban J connectivity index is 1.61. The topological polar surface area (TPSA) is 110 Å². The van der Waals surface area contributed by atoms with E-state index in [2.05, 4.69) is 20.4 Å². The normalized spacial score (nSPS) is 16.6. The fourth-order valence-electron chi connectivity index (χ4n) is 3.02. The van der Waals surface area contributed by atoms with Gasteiger partial charge in [-0.3, -0.25) is 4.79 Å². The highest BCUT2D eigenvalue weighted by Gasteiger charge is 2.29. The minimum absolute atomic E-state index is 0.138. The molecule has 1 fully saturated rings. The number of amides is 1. The summed E-state index contributed by atoms with van der Waals surface area (Å²) in [5.41, 5.74) is 2.31. The van der Waals surface area contributed by atoms with E-state index in [-0.39, 0.29) is 11.8 Å². The molecule has 3 heterocycles. The van der Waals surface area contributed by atoms with Crippen molar-refractivity contribution in [3.63, 3.8) is 0 Å². The summed E-state index contributed by atoms with van der Waals surface area (Å²) in [6, 6.07) is 1.93. The molecule has 2 aromatic heterocycles. The molecule has 0 saturated carbocycles. The Labute approximate surface area is 152 Å². The number of nitrogens with zero attached hydrogens (tertiary/aromatic N) is 5. The number of aryl methyl sites for hydroxylation is 2. The van der Waals surface area contributed by atoms with Crippen molar-refractivity contribution in [2.75, 3.05) is 24.7 Å². The van der Waals surface area contributed by atoms with Crippen molar-refractivity contribution in [3.8, 4) is 5.95 Å². The molecule has 1 amide bonds. The molecule has 1 saturated heterocycles. The molecule has 3 rings (SSSR count). The first kappa shape index (κ1) is 18.5. The van der Waals surface area contributed by atoms with Crippen LogP contribution in [0, 0.1) is 19.8 Å². The van der Waals surface area contributed by atoms with Crippen LogP contribution in [0.25, 0.3) is 5.95 Å². The first-order chi connectivity index (χ1) is 12.2. The highest BCUT2D eigenvalue weighted by molar-refractivity contribution is 7.88. The number of anilines is 1. The molecular weight excluding hydrogens is 356 g/mol. The summed E-state index contributed by atoms with van der Waals surface area (Å²) in [4.78, 5) is 20.9. The molecule has 0 unspecified atom stereocenters. The van der Waals surface area contributed by atoms with E-state index in [1.165, 1.54) is 10.6 Å². The number of carbonyl (C=O) groups is 1. The number of hydrogen-bond acceptors (Lipinski definition) is 6. The quantitative estimate of drug-likeness (QED) is 0.846. The Hall–Kier alpha value is -2.33. The smallest absolute Gasteiger partial charge is 0.250 e. The Morgan fingerprint density at radius 1 is 1.19 bits per heavy atom. The molecule has 26 heavy (non-hydrogen) atoms. The van der Waals surface area contributed by atoms with Gasteiger partial charge < -0.3 is 5.32 Å². The maximum atomic E-state index is 12.4. The monoisotopic (exact) mass is 378 g/mol. The molecule has 0 bridgehead atoms. The highest BCUT2D eigenvalue weighted by Crippen LogP contribution is 2.21. The summed E-state index contributed by atoms with van der Waals surface area (Å²) in [7, 11) is -3.19. The second-order valence-electron chi connectivity index (χ2n) is 6.54. The van der Waals surface area contributed by atoms with E-state index in [1.54, 1.807) is 17.1 Å². The second-order valence-corrected chi connectivity index (χ2v) is 8.52. The largest absolute Gasteiger partial charge is 0.323 e. The highest BCUT2D eigenvalue weighted by atomic mass is 32.2. The zero-order chi connectivity index (χ0) is 18.9. The van der Waals surface area contributed by atoms with Crippen molar-refractivity contribution in [3.05, 3.63) is 29.8 Å². The van der Waals surface area contributed by atoms with Gasteiger partial charge in [0.05, 0.1) is 30.0 Å². The first-order valence-electron chi connectivity index (χ1n) is 8.36. The van der Waals surface area contributed by atoms with Crippen LogP contribution in [0.4, 0.5) is 5.69 Å². The SMILES string of the molecule is Cc1cc(C)n(-c2ncc(NC(=O)C3CCN(S(C)(=O)=O)CC3)cn2)n1. The maximum Gasteiger partial charge on any atom is 0.250 e. The van der Waals surface area contributed by atoms with Crippen molar-refractivity contribution >= 4 is 21.6 Å². The average molecular weight is 378 g/mol. The number of nitrogens with one attached hydrogen (secondary N) is 1. The fraction of sp³-hybridized carbons (Fsp3) is 0.500. The summed E-state index contributed by atoms with van der Waals surface area (Å²) in [6.45, 7) is 4.55. The van der Waals surface area contributed by atoms with Crippen LogP contribution in [-0.4, -0.2) is 57.7 Å². The second kappa shape index (κ2) is 7.12. The number of piperidine rings is 1. The van der Waals surface area contributed by atoms with E-state index >= 15 is 0 Å². The lowest BCUT2D eigenvalue weighted by atomic mass is 9.97. The minimum Gasteiger partial charge on any atom is -0.323 e. The van der Waals surface area contributed by atoms with E-state index in [0.717, 1.165) is 11.4 Å². The number of aromatic nitrogens is 4. The summed E-state index contributed by atoms with van der Waals surface area (Å²) in [6.07, 6.45) is 5.28. The standard InChI is InChI=1S/C16H22N6O3S/c1-11-8-12(2)22(20-11)16-17-9-14(10-18-16)19-15(23)13-4-6-21(7-5-13)26(3,24)25/h8-10,13H,4-7H2,1-3H3,(H,19,23). The minimum atomic E-state index is -3.19. The first-order valence-corrected chi connectivity index (χ1v) is 10.2. The van der Waals surface area contributed by atoms with Gasteiger partial charge in [-0.1, -0.05) is 0 Å². The summed E-state index contributed by atoms with van der Waals surface area (Å²) < 4.78 is 26.1. The van der Waals surface area contributed by atoms with Crippen LogP contribution >= 0.6 is 0 Å². The fourth-order valence-corrected chi connectivity index (χ4v) is 3.89. The van der Waals surface area contributed by atoms with E-state index in [1.807, 2.05) is 19.9 Å². The van der Waals surface area contributed by atoms with Crippen molar-refractivity contribution < 1.29 is 13.2 Å². The number of rotatable bonds is 4. The van der Waals surface area contributed by atoms with Gasteiger partial charge in [-0.25, -0.2) is 27.4 Å². The van der Waals surface area contributed by atoms with Gasteiger partial charge in [0.15, 0.2) is 0 Å². The van der Waals surface area contributed by atoms with Crippen LogP contribution in [-0.2, 0) is 14.8 Å². The molecule has 0 radical (unpaired) electrons. The average Bonchev–Trinajstić information content (AvgIpc) is 2.93. The zero-order valence-corrected chi connectivity index (χ0v) is 15.8. The Morgan fingerprint density at radius 3 is 2.31 bits per heavy atom. The van der Waals surface area contributed by atoms with Crippen molar-refractivity contribution in [2.45, 2.75) is 26.7 Å². The van der Waals surface area contributed by atoms with E-state index < -0.39 is 10.0 Å². The molecule has 0 aliphatic carbocycles. The lowest BCUT2D eigenvalue weighted by molar-refractivity contribution is -0.120. The molecule has 140 valence electrons. The molecule has 1 N–H and O–H groups in total. The van der Waals surface area contributed by atoms with E-state index in [0.29, 0.717) is 37.6 Å². The van der Waals surface area contributed by atoms with Crippen LogP contribution in [0.5, 0.6) is 0 Å². The lowest BCUT2D eigenvalue weighted by Gasteiger charge is -2.29. The predicted octanol–water partition coefficient (Wildman–Crippen LogP) is 0.889. The van der Waals surface area contributed by atoms with E-state index in [4.69, 9.17) is 0 Å². The Morgan fingerprint density at radius 2 is 1.81 bits per heavy atom. The molecule has 10 heteroatoms. The molecule has 2 aromatic rings. The van der Waals surface area contributed by atoms with Crippen LogP contribution in [0.1, 0.15) is 24.2 Å². The number of hydrogen-bond donors (Lipinski definition) is 1. The van der Waals surface area contributed by atoms with Crippen molar-refractivity contribution in [1.29, 1.82) is 0 Å². The third-order valence-electron chi connectivity index (χ3n) is 4.40. The number of carbonyl (C=O) groups excluding carboxylic acids is 1. The molecule has 1 aliphatic heterocycles.